The summed E-state index contributed by atoms with van der Waals surface area (Å²) >= 11 is 1.59. The fourth-order valence-corrected chi connectivity index (χ4v) is 5.11. The van der Waals surface area contributed by atoms with E-state index in [1.165, 1.54) is 31.2 Å². The van der Waals surface area contributed by atoms with Gasteiger partial charge in [-0.3, -0.25) is 9.69 Å². The second-order valence-corrected chi connectivity index (χ2v) is 9.87. The summed E-state index contributed by atoms with van der Waals surface area (Å²) in [7, 11) is 0. The van der Waals surface area contributed by atoms with E-state index >= 15 is 0 Å². The SMILES string of the molecule is CC(Sc1nnc(C2CC2)n1C1CC1)C(=O)N1CCN(Cc2ccccc2)CC1. The van der Waals surface area contributed by atoms with Crippen LogP contribution in [0.5, 0.6) is 0 Å². The van der Waals surface area contributed by atoms with Crippen molar-refractivity contribution in [3.63, 3.8) is 0 Å². The lowest BCUT2D eigenvalue weighted by atomic mass is 10.2. The van der Waals surface area contributed by atoms with Gasteiger partial charge in [-0.1, -0.05) is 42.1 Å². The van der Waals surface area contributed by atoms with Gasteiger partial charge in [-0.05, 0) is 38.2 Å². The van der Waals surface area contributed by atoms with E-state index in [0.29, 0.717) is 12.0 Å². The molecule has 2 heterocycles. The molecule has 2 aliphatic carbocycles. The van der Waals surface area contributed by atoms with Crippen LogP contribution in [0.25, 0.3) is 0 Å². The average Bonchev–Trinajstić information content (AvgIpc) is 3.68. The summed E-state index contributed by atoms with van der Waals surface area (Å²) in [6.45, 7) is 6.45. The van der Waals surface area contributed by atoms with Gasteiger partial charge in [-0.2, -0.15) is 0 Å². The second kappa shape index (κ2) is 8.11. The van der Waals surface area contributed by atoms with Gasteiger partial charge in [0.25, 0.3) is 0 Å². The minimum atomic E-state index is -0.121. The zero-order valence-corrected chi connectivity index (χ0v) is 17.9. The van der Waals surface area contributed by atoms with E-state index in [4.69, 9.17) is 0 Å². The zero-order valence-electron chi connectivity index (χ0n) is 17.0. The van der Waals surface area contributed by atoms with Gasteiger partial charge < -0.3 is 9.47 Å². The number of carbonyl (C=O) groups excluding carboxylic acids is 1. The van der Waals surface area contributed by atoms with Gasteiger partial charge in [-0.15, -0.1) is 10.2 Å². The van der Waals surface area contributed by atoms with Crippen LogP contribution < -0.4 is 0 Å². The van der Waals surface area contributed by atoms with Crippen LogP contribution >= 0.6 is 11.8 Å². The molecule has 1 aliphatic heterocycles. The third-order valence-corrected chi connectivity index (χ3v) is 7.15. The van der Waals surface area contributed by atoms with E-state index in [9.17, 15) is 4.79 Å². The first-order valence-corrected chi connectivity index (χ1v) is 11.7. The topological polar surface area (TPSA) is 54.3 Å². The Bertz CT molecular complexity index is 853. The number of nitrogens with zero attached hydrogens (tertiary/aromatic N) is 5. The molecule has 0 spiro atoms. The maximum Gasteiger partial charge on any atom is 0.235 e. The van der Waals surface area contributed by atoms with E-state index in [-0.39, 0.29) is 11.2 Å². The van der Waals surface area contributed by atoms with Crippen LogP contribution in [0.15, 0.2) is 35.5 Å². The van der Waals surface area contributed by atoms with Gasteiger partial charge in [0.05, 0.1) is 5.25 Å². The van der Waals surface area contributed by atoms with Gasteiger partial charge >= 0.3 is 0 Å². The number of aromatic nitrogens is 3. The number of rotatable bonds is 7. The van der Waals surface area contributed by atoms with Crippen molar-refractivity contribution in [1.82, 2.24) is 24.6 Å². The predicted octanol–water partition coefficient (Wildman–Crippen LogP) is 3.32. The molecule has 6 nitrogen and oxygen atoms in total. The fourth-order valence-electron chi connectivity index (χ4n) is 4.10. The molecule has 1 aromatic heterocycles. The third-order valence-electron chi connectivity index (χ3n) is 6.11. The molecule has 2 aromatic rings. The van der Waals surface area contributed by atoms with Gasteiger partial charge in [0.15, 0.2) is 5.16 Å². The molecule has 154 valence electrons. The van der Waals surface area contributed by atoms with Crippen LogP contribution in [0.2, 0.25) is 0 Å². The summed E-state index contributed by atoms with van der Waals surface area (Å²) in [5, 5.41) is 9.76. The maximum atomic E-state index is 13.0. The van der Waals surface area contributed by atoms with Gasteiger partial charge in [0.2, 0.25) is 5.91 Å². The highest BCUT2D eigenvalue weighted by Gasteiger charge is 2.37. The standard InChI is InChI=1S/C22H29N5OS/c1-16(29-22-24-23-20(18-7-8-18)27(22)19-9-10-19)21(28)26-13-11-25(12-14-26)15-17-5-3-2-4-6-17/h2-6,16,18-19H,7-15H2,1H3. The molecule has 1 atom stereocenters. The third kappa shape index (κ3) is 4.36. The summed E-state index contributed by atoms with van der Waals surface area (Å²) in [5.41, 5.74) is 1.34. The van der Waals surface area contributed by atoms with Crippen molar-refractivity contribution in [2.45, 2.75) is 61.5 Å². The molecule has 2 saturated carbocycles. The van der Waals surface area contributed by atoms with Crippen LogP contribution in [0.1, 0.15) is 56.0 Å². The first kappa shape index (κ1) is 19.1. The Morgan fingerprint density at radius 3 is 2.45 bits per heavy atom. The van der Waals surface area contributed by atoms with Crippen molar-refractivity contribution in [1.29, 1.82) is 0 Å². The van der Waals surface area contributed by atoms with Gasteiger partial charge in [-0.25, -0.2) is 0 Å². The van der Waals surface area contributed by atoms with Crippen molar-refractivity contribution in [3.05, 3.63) is 41.7 Å². The van der Waals surface area contributed by atoms with Crippen LogP contribution in [0.3, 0.4) is 0 Å². The summed E-state index contributed by atoms with van der Waals surface area (Å²) in [6.07, 6.45) is 4.91. The molecule has 5 rings (SSSR count). The van der Waals surface area contributed by atoms with Crippen molar-refractivity contribution >= 4 is 17.7 Å². The normalized spacial score (nSPS) is 21.3. The van der Waals surface area contributed by atoms with E-state index < -0.39 is 0 Å². The summed E-state index contributed by atoms with van der Waals surface area (Å²) in [5.74, 6) is 1.98. The number of hydrogen-bond donors (Lipinski definition) is 0. The second-order valence-electron chi connectivity index (χ2n) is 8.56. The quantitative estimate of drug-likeness (QED) is 0.654. The van der Waals surface area contributed by atoms with Crippen molar-refractivity contribution in [3.8, 4) is 0 Å². The zero-order chi connectivity index (χ0) is 19.8. The lowest BCUT2D eigenvalue weighted by molar-refractivity contribution is -0.132. The molecule has 0 bridgehead atoms. The molecule has 7 heteroatoms. The molecule has 1 saturated heterocycles. The van der Waals surface area contributed by atoms with Crippen molar-refractivity contribution < 1.29 is 4.79 Å². The van der Waals surface area contributed by atoms with E-state index in [2.05, 4.69) is 50.0 Å². The minimum Gasteiger partial charge on any atom is -0.339 e. The smallest absolute Gasteiger partial charge is 0.235 e. The van der Waals surface area contributed by atoms with Crippen LogP contribution in [0.4, 0.5) is 0 Å². The lowest BCUT2D eigenvalue weighted by Crippen LogP contribution is -2.50. The molecule has 3 aliphatic rings. The molecular weight excluding hydrogens is 382 g/mol. The molecule has 0 N–H and O–H groups in total. The van der Waals surface area contributed by atoms with E-state index in [0.717, 1.165) is 43.7 Å². The summed E-state index contributed by atoms with van der Waals surface area (Å²) in [6, 6.07) is 11.1. The van der Waals surface area contributed by atoms with Crippen molar-refractivity contribution in [2.24, 2.45) is 0 Å². The first-order valence-electron chi connectivity index (χ1n) is 10.9. The van der Waals surface area contributed by atoms with Gasteiger partial charge in [0, 0.05) is 44.7 Å². The highest BCUT2D eigenvalue weighted by molar-refractivity contribution is 8.00. The van der Waals surface area contributed by atoms with E-state index in [1.807, 2.05) is 11.8 Å². The number of benzene rings is 1. The van der Waals surface area contributed by atoms with Crippen LogP contribution in [-0.2, 0) is 11.3 Å². The first-order chi connectivity index (χ1) is 14.2. The predicted molar refractivity (Wildman–Crippen MR) is 114 cm³/mol. The number of piperazine rings is 1. The Hall–Kier alpha value is -1.86. The number of hydrogen-bond acceptors (Lipinski definition) is 5. The molecular formula is C22H29N5OS. The number of thioether (sulfide) groups is 1. The highest BCUT2D eigenvalue weighted by Crippen LogP contribution is 2.46. The highest BCUT2D eigenvalue weighted by atomic mass is 32.2. The molecule has 1 amide bonds. The molecule has 29 heavy (non-hydrogen) atoms. The number of amides is 1. The Kier molecular flexibility index (Phi) is 5.35. The Balaban J connectivity index is 1.16. The average molecular weight is 412 g/mol. The Labute approximate surface area is 176 Å². The van der Waals surface area contributed by atoms with Crippen LogP contribution in [-0.4, -0.2) is 61.9 Å². The van der Waals surface area contributed by atoms with Crippen molar-refractivity contribution in [2.75, 3.05) is 26.2 Å². The molecule has 1 unspecified atom stereocenters. The molecule has 1 aromatic carbocycles. The fraction of sp³-hybridized carbons (Fsp3) is 0.591. The van der Waals surface area contributed by atoms with Crippen LogP contribution in [0, 0.1) is 0 Å². The van der Waals surface area contributed by atoms with E-state index in [1.54, 1.807) is 11.8 Å². The lowest BCUT2D eigenvalue weighted by Gasteiger charge is -2.35. The largest absolute Gasteiger partial charge is 0.339 e. The summed E-state index contributed by atoms with van der Waals surface area (Å²) < 4.78 is 2.34. The Morgan fingerprint density at radius 2 is 1.79 bits per heavy atom. The van der Waals surface area contributed by atoms with Gasteiger partial charge in [0.1, 0.15) is 5.82 Å². The maximum absolute atomic E-state index is 13.0. The number of carbonyl (C=O) groups is 1. The minimum absolute atomic E-state index is 0.121. The Morgan fingerprint density at radius 1 is 1.07 bits per heavy atom. The monoisotopic (exact) mass is 411 g/mol. The molecule has 0 radical (unpaired) electrons. The summed E-state index contributed by atoms with van der Waals surface area (Å²) in [4.78, 5) is 17.5. The molecule has 3 fully saturated rings.